The van der Waals surface area contributed by atoms with Crippen molar-refractivity contribution >= 4 is 0 Å². The van der Waals surface area contributed by atoms with E-state index in [4.69, 9.17) is 4.74 Å². The molecule has 0 aromatic rings. The molecule has 2 rings (SSSR count). The van der Waals surface area contributed by atoms with Gasteiger partial charge in [0.15, 0.2) is 0 Å². The summed E-state index contributed by atoms with van der Waals surface area (Å²) in [5.74, 6) is 0. The second-order valence-corrected chi connectivity index (χ2v) is 4.59. The summed E-state index contributed by atoms with van der Waals surface area (Å²) < 4.78 is 5.32. The lowest BCUT2D eigenvalue weighted by Gasteiger charge is -2.42. The zero-order valence-electron chi connectivity index (χ0n) is 8.46. The van der Waals surface area contributed by atoms with Crippen LogP contribution in [0.5, 0.6) is 0 Å². The zero-order chi connectivity index (χ0) is 10.1. The highest BCUT2D eigenvalue weighted by Crippen LogP contribution is 2.49. The SMILES string of the molecule is N#CC1(C2(O)CCCOC2)CCCC1. The number of rotatable bonds is 1. The quantitative estimate of drug-likeness (QED) is 0.691. The molecule has 1 saturated heterocycles. The normalized spacial score (nSPS) is 36.6. The van der Waals surface area contributed by atoms with Crippen LogP contribution >= 0.6 is 0 Å². The molecule has 0 aromatic heterocycles. The fraction of sp³-hybridized carbons (Fsp3) is 0.909. The lowest BCUT2D eigenvalue weighted by molar-refractivity contribution is -0.141. The Kier molecular flexibility index (Phi) is 2.50. The first-order chi connectivity index (χ1) is 6.72. The smallest absolute Gasteiger partial charge is 0.107 e. The number of ether oxygens (including phenoxy) is 1. The Morgan fingerprint density at radius 1 is 1.14 bits per heavy atom. The molecular formula is C11H17NO2. The van der Waals surface area contributed by atoms with Crippen molar-refractivity contribution in [3.8, 4) is 6.07 Å². The minimum atomic E-state index is -0.878. The summed E-state index contributed by atoms with van der Waals surface area (Å²) in [6, 6.07) is 2.36. The summed E-state index contributed by atoms with van der Waals surface area (Å²) >= 11 is 0. The molecule has 2 aliphatic rings. The van der Waals surface area contributed by atoms with Gasteiger partial charge in [0.05, 0.1) is 18.1 Å². The van der Waals surface area contributed by atoms with Gasteiger partial charge in [-0.1, -0.05) is 12.8 Å². The molecule has 0 amide bonds. The van der Waals surface area contributed by atoms with Crippen molar-refractivity contribution in [2.45, 2.75) is 44.1 Å². The first-order valence-electron chi connectivity index (χ1n) is 5.44. The maximum Gasteiger partial charge on any atom is 0.107 e. The van der Waals surface area contributed by atoms with Crippen LogP contribution in [-0.2, 0) is 4.74 Å². The second kappa shape index (κ2) is 3.52. The van der Waals surface area contributed by atoms with Gasteiger partial charge in [0, 0.05) is 6.61 Å². The van der Waals surface area contributed by atoms with Crippen LogP contribution in [0.4, 0.5) is 0 Å². The fourth-order valence-electron chi connectivity index (χ4n) is 2.82. The van der Waals surface area contributed by atoms with E-state index in [9.17, 15) is 10.4 Å². The van der Waals surface area contributed by atoms with Crippen LogP contribution in [0.1, 0.15) is 38.5 Å². The van der Waals surface area contributed by atoms with E-state index in [-0.39, 0.29) is 0 Å². The van der Waals surface area contributed by atoms with Gasteiger partial charge in [-0.15, -0.1) is 0 Å². The fourth-order valence-corrected chi connectivity index (χ4v) is 2.82. The molecule has 3 heteroatoms. The molecule has 3 nitrogen and oxygen atoms in total. The van der Waals surface area contributed by atoms with Gasteiger partial charge in [0.25, 0.3) is 0 Å². The summed E-state index contributed by atoms with van der Waals surface area (Å²) in [6.45, 7) is 1.07. The Morgan fingerprint density at radius 3 is 2.36 bits per heavy atom. The van der Waals surface area contributed by atoms with Gasteiger partial charge in [-0.05, 0) is 25.7 Å². The van der Waals surface area contributed by atoms with Crippen molar-refractivity contribution < 1.29 is 9.84 Å². The van der Waals surface area contributed by atoms with E-state index in [1.807, 2.05) is 0 Å². The highest BCUT2D eigenvalue weighted by molar-refractivity contribution is 5.14. The van der Waals surface area contributed by atoms with E-state index in [1.165, 1.54) is 0 Å². The van der Waals surface area contributed by atoms with E-state index in [0.717, 1.165) is 45.1 Å². The van der Waals surface area contributed by atoms with Crippen LogP contribution in [-0.4, -0.2) is 23.9 Å². The van der Waals surface area contributed by atoms with Crippen LogP contribution < -0.4 is 0 Å². The molecule has 2 fully saturated rings. The summed E-state index contributed by atoms with van der Waals surface area (Å²) in [5, 5.41) is 19.7. The highest BCUT2D eigenvalue weighted by Gasteiger charge is 2.53. The van der Waals surface area contributed by atoms with E-state index in [1.54, 1.807) is 0 Å². The van der Waals surface area contributed by atoms with Crippen molar-refractivity contribution in [1.82, 2.24) is 0 Å². The van der Waals surface area contributed by atoms with Crippen molar-refractivity contribution in [2.24, 2.45) is 5.41 Å². The highest BCUT2D eigenvalue weighted by atomic mass is 16.5. The minimum absolute atomic E-state index is 0.348. The Balaban J connectivity index is 2.21. The standard InChI is InChI=1S/C11H17NO2/c12-8-10(4-1-2-5-10)11(13)6-3-7-14-9-11/h13H,1-7,9H2. The van der Waals surface area contributed by atoms with Gasteiger partial charge in [0.1, 0.15) is 5.60 Å². The van der Waals surface area contributed by atoms with Gasteiger partial charge in [0.2, 0.25) is 0 Å². The van der Waals surface area contributed by atoms with Gasteiger partial charge in [-0.2, -0.15) is 5.26 Å². The van der Waals surface area contributed by atoms with E-state index in [2.05, 4.69) is 6.07 Å². The average molecular weight is 195 g/mol. The number of nitrogens with zero attached hydrogens (tertiary/aromatic N) is 1. The second-order valence-electron chi connectivity index (χ2n) is 4.59. The van der Waals surface area contributed by atoms with Gasteiger partial charge >= 0.3 is 0 Å². The van der Waals surface area contributed by atoms with Crippen molar-refractivity contribution in [2.75, 3.05) is 13.2 Å². The minimum Gasteiger partial charge on any atom is -0.386 e. The summed E-state index contributed by atoms with van der Waals surface area (Å²) in [6.07, 6.45) is 5.40. The number of aliphatic hydroxyl groups is 1. The molecule has 0 bridgehead atoms. The van der Waals surface area contributed by atoms with Gasteiger partial charge in [-0.25, -0.2) is 0 Å². The summed E-state index contributed by atoms with van der Waals surface area (Å²) in [5.41, 5.74) is -1.40. The molecule has 0 spiro atoms. The third kappa shape index (κ3) is 1.34. The van der Waals surface area contributed by atoms with Gasteiger partial charge < -0.3 is 9.84 Å². The summed E-state index contributed by atoms with van der Waals surface area (Å²) in [7, 11) is 0. The van der Waals surface area contributed by atoms with Crippen molar-refractivity contribution in [3.05, 3.63) is 0 Å². The third-order valence-electron chi connectivity index (χ3n) is 3.78. The molecule has 78 valence electrons. The molecule has 1 heterocycles. The van der Waals surface area contributed by atoms with E-state index in [0.29, 0.717) is 6.61 Å². The molecular weight excluding hydrogens is 178 g/mol. The zero-order valence-corrected chi connectivity index (χ0v) is 8.46. The van der Waals surface area contributed by atoms with Crippen LogP contribution in [0.3, 0.4) is 0 Å². The van der Waals surface area contributed by atoms with E-state index < -0.39 is 11.0 Å². The van der Waals surface area contributed by atoms with Gasteiger partial charge in [-0.3, -0.25) is 0 Å². The third-order valence-corrected chi connectivity index (χ3v) is 3.78. The van der Waals surface area contributed by atoms with E-state index >= 15 is 0 Å². The number of hydrogen-bond donors (Lipinski definition) is 1. The maximum absolute atomic E-state index is 10.5. The van der Waals surface area contributed by atoms with Crippen LogP contribution in [0.25, 0.3) is 0 Å². The lowest BCUT2D eigenvalue weighted by Crippen LogP contribution is -2.51. The molecule has 0 radical (unpaired) electrons. The molecule has 0 aromatic carbocycles. The molecule has 1 saturated carbocycles. The predicted molar refractivity (Wildman–Crippen MR) is 51.5 cm³/mol. The number of hydrogen-bond acceptors (Lipinski definition) is 3. The Bertz CT molecular complexity index is 245. The Labute approximate surface area is 84.7 Å². The Morgan fingerprint density at radius 2 is 1.86 bits per heavy atom. The first kappa shape index (κ1) is 9.95. The monoisotopic (exact) mass is 195 g/mol. The molecule has 1 aliphatic heterocycles. The topological polar surface area (TPSA) is 53.2 Å². The van der Waals surface area contributed by atoms with Crippen molar-refractivity contribution in [1.29, 1.82) is 5.26 Å². The largest absolute Gasteiger partial charge is 0.386 e. The molecule has 1 atom stereocenters. The molecule has 14 heavy (non-hydrogen) atoms. The van der Waals surface area contributed by atoms with Crippen LogP contribution in [0.2, 0.25) is 0 Å². The first-order valence-corrected chi connectivity index (χ1v) is 5.44. The molecule has 1 unspecified atom stereocenters. The molecule has 1 aliphatic carbocycles. The summed E-state index contributed by atoms with van der Waals surface area (Å²) in [4.78, 5) is 0. The molecule has 1 N–H and O–H groups in total. The average Bonchev–Trinajstić information content (AvgIpc) is 2.68. The van der Waals surface area contributed by atoms with Crippen LogP contribution in [0, 0.1) is 16.7 Å². The lowest BCUT2D eigenvalue weighted by atomic mass is 9.69. The van der Waals surface area contributed by atoms with Crippen LogP contribution in [0.15, 0.2) is 0 Å². The predicted octanol–water partition coefficient (Wildman–Crippen LogP) is 1.61. The maximum atomic E-state index is 10.5. The number of nitriles is 1. The Hall–Kier alpha value is -0.590. The van der Waals surface area contributed by atoms with Crippen molar-refractivity contribution in [3.63, 3.8) is 0 Å².